The zero-order valence-electron chi connectivity index (χ0n) is 11.1. The minimum absolute atomic E-state index is 0.0268. The van der Waals surface area contributed by atoms with E-state index in [1.54, 1.807) is 24.3 Å². The quantitative estimate of drug-likeness (QED) is 0.887. The van der Waals surface area contributed by atoms with Gasteiger partial charge in [-0.3, -0.25) is 4.79 Å². The van der Waals surface area contributed by atoms with Crippen LogP contribution in [0.1, 0.15) is 45.5 Å². The van der Waals surface area contributed by atoms with Gasteiger partial charge in [0.1, 0.15) is 5.69 Å². The zero-order valence-corrected chi connectivity index (χ0v) is 11.9. The van der Waals surface area contributed by atoms with Gasteiger partial charge in [0.15, 0.2) is 0 Å². The van der Waals surface area contributed by atoms with E-state index >= 15 is 0 Å². The van der Waals surface area contributed by atoms with Crippen LogP contribution in [0.25, 0.3) is 0 Å². The largest absolute Gasteiger partial charge is 0.345 e. The first-order valence-corrected chi connectivity index (χ1v) is 7.46. The van der Waals surface area contributed by atoms with Crippen molar-refractivity contribution >= 4 is 17.2 Å². The molecule has 2 aromatic heterocycles. The number of amides is 1. The van der Waals surface area contributed by atoms with Crippen molar-refractivity contribution in [1.29, 1.82) is 0 Å². The number of aromatic amines is 1. The van der Waals surface area contributed by atoms with Crippen LogP contribution in [-0.4, -0.2) is 15.9 Å². The standard InChI is InChI=1S/C14H15N3O2S/c1-8-7-11(17-14(19)15-8)13(18)16-10-3-2-4-12-9(10)5-6-20-12/h5-7,10H,2-4H2,1H3,(H,16,18)(H,15,17,19)/t10-/m1/s1. The summed E-state index contributed by atoms with van der Waals surface area (Å²) in [6.45, 7) is 1.73. The number of rotatable bonds is 2. The van der Waals surface area contributed by atoms with E-state index in [1.165, 1.54) is 10.4 Å². The molecule has 5 nitrogen and oxygen atoms in total. The van der Waals surface area contributed by atoms with Crippen LogP contribution in [0, 0.1) is 6.92 Å². The second-order valence-corrected chi connectivity index (χ2v) is 5.97. The summed E-state index contributed by atoms with van der Waals surface area (Å²) in [5.41, 5.74) is 1.52. The number of hydrogen-bond acceptors (Lipinski definition) is 4. The first-order valence-electron chi connectivity index (χ1n) is 6.58. The number of aromatic nitrogens is 2. The highest BCUT2D eigenvalue weighted by Crippen LogP contribution is 2.33. The highest BCUT2D eigenvalue weighted by atomic mass is 32.1. The number of aryl methyl sites for hydroxylation is 2. The topological polar surface area (TPSA) is 74.8 Å². The van der Waals surface area contributed by atoms with Crippen molar-refractivity contribution in [2.24, 2.45) is 0 Å². The maximum Gasteiger partial charge on any atom is 0.345 e. The molecule has 0 aromatic carbocycles. The van der Waals surface area contributed by atoms with Gasteiger partial charge in [-0.1, -0.05) is 0 Å². The normalized spacial score (nSPS) is 17.6. The van der Waals surface area contributed by atoms with E-state index in [4.69, 9.17) is 0 Å². The molecule has 20 heavy (non-hydrogen) atoms. The number of H-pyrrole nitrogens is 1. The molecule has 0 radical (unpaired) electrons. The fourth-order valence-corrected chi connectivity index (χ4v) is 3.55. The molecule has 0 spiro atoms. The minimum atomic E-state index is -0.491. The second-order valence-electron chi connectivity index (χ2n) is 4.97. The minimum Gasteiger partial charge on any atom is -0.344 e. The Balaban J connectivity index is 1.82. The van der Waals surface area contributed by atoms with E-state index in [2.05, 4.69) is 26.7 Å². The maximum absolute atomic E-state index is 12.2. The molecular formula is C14H15N3O2S. The Labute approximate surface area is 120 Å². The Morgan fingerprint density at radius 2 is 2.40 bits per heavy atom. The SMILES string of the molecule is Cc1cc(C(=O)N[C@@H]2CCCc3sccc32)nc(=O)[nH]1. The van der Waals surface area contributed by atoms with Crippen molar-refractivity contribution in [3.05, 3.63) is 49.8 Å². The van der Waals surface area contributed by atoms with Gasteiger partial charge in [0.25, 0.3) is 5.91 Å². The number of carbonyl (C=O) groups is 1. The number of nitrogens with one attached hydrogen (secondary N) is 2. The van der Waals surface area contributed by atoms with Crippen LogP contribution in [0.2, 0.25) is 0 Å². The average molecular weight is 289 g/mol. The van der Waals surface area contributed by atoms with Crippen LogP contribution in [0.4, 0.5) is 0 Å². The molecule has 0 fully saturated rings. The molecule has 0 aliphatic heterocycles. The van der Waals surface area contributed by atoms with Gasteiger partial charge in [-0.25, -0.2) is 4.79 Å². The van der Waals surface area contributed by atoms with E-state index < -0.39 is 5.69 Å². The van der Waals surface area contributed by atoms with Crippen LogP contribution < -0.4 is 11.0 Å². The molecule has 1 aliphatic carbocycles. The number of hydrogen-bond donors (Lipinski definition) is 2. The summed E-state index contributed by atoms with van der Waals surface area (Å²) in [5.74, 6) is -0.289. The van der Waals surface area contributed by atoms with E-state index in [9.17, 15) is 9.59 Å². The fraction of sp³-hybridized carbons (Fsp3) is 0.357. The molecule has 3 rings (SSSR count). The van der Waals surface area contributed by atoms with Crippen molar-refractivity contribution in [3.63, 3.8) is 0 Å². The Bertz CT molecular complexity index is 704. The lowest BCUT2D eigenvalue weighted by atomic mass is 9.94. The summed E-state index contributed by atoms with van der Waals surface area (Å²) < 4.78 is 0. The second kappa shape index (κ2) is 5.20. The highest BCUT2D eigenvalue weighted by Gasteiger charge is 2.23. The lowest BCUT2D eigenvalue weighted by Gasteiger charge is -2.23. The zero-order chi connectivity index (χ0) is 14.1. The Hall–Kier alpha value is -1.95. The molecule has 0 saturated heterocycles. The number of fused-ring (bicyclic) bond motifs is 1. The molecule has 1 atom stereocenters. The molecule has 1 aliphatic rings. The predicted molar refractivity (Wildman–Crippen MR) is 77.1 cm³/mol. The molecule has 104 valence electrons. The van der Waals surface area contributed by atoms with Gasteiger partial charge in [-0.15, -0.1) is 11.3 Å². The maximum atomic E-state index is 12.2. The van der Waals surface area contributed by atoms with Gasteiger partial charge in [0.05, 0.1) is 6.04 Å². The lowest BCUT2D eigenvalue weighted by Crippen LogP contribution is -2.32. The number of carbonyl (C=O) groups excluding carboxylic acids is 1. The lowest BCUT2D eigenvalue weighted by molar-refractivity contribution is 0.0927. The number of nitrogens with zero attached hydrogens (tertiary/aromatic N) is 1. The molecule has 0 unspecified atom stereocenters. The average Bonchev–Trinajstić information content (AvgIpc) is 2.87. The van der Waals surface area contributed by atoms with Gasteiger partial charge in [0, 0.05) is 10.6 Å². The van der Waals surface area contributed by atoms with Crippen molar-refractivity contribution in [2.45, 2.75) is 32.2 Å². The van der Waals surface area contributed by atoms with Crippen molar-refractivity contribution in [3.8, 4) is 0 Å². The van der Waals surface area contributed by atoms with Gasteiger partial charge in [-0.2, -0.15) is 4.98 Å². The summed E-state index contributed by atoms with van der Waals surface area (Å²) in [6, 6.07) is 3.69. The third kappa shape index (κ3) is 2.51. The van der Waals surface area contributed by atoms with Crippen molar-refractivity contribution in [1.82, 2.24) is 15.3 Å². The number of thiophene rings is 1. The highest BCUT2D eigenvalue weighted by molar-refractivity contribution is 7.10. The summed E-state index contributed by atoms with van der Waals surface area (Å²) in [6.07, 6.45) is 3.08. The van der Waals surface area contributed by atoms with E-state index in [0.29, 0.717) is 5.69 Å². The summed E-state index contributed by atoms with van der Waals surface area (Å²) in [4.78, 5) is 31.1. The summed E-state index contributed by atoms with van der Waals surface area (Å²) >= 11 is 1.73. The van der Waals surface area contributed by atoms with Crippen LogP contribution in [0.5, 0.6) is 0 Å². The van der Waals surface area contributed by atoms with Crippen LogP contribution in [0.3, 0.4) is 0 Å². The van der Waals surface area contributed by atoms with Crippen LogP contribution >= 0.6 is 11.3 Å². The van der Waals surface area contributed by atoms with E-state index in [-0.39, 0.29) is 17.6 Å². The third-order valence-electron chi connectivity index (χ3n) is 3.47. The van der Waals surface area contributed by atoms with Crippen molar-refractivity contribution in [2.75, 3.05) is 0 Å². The van der Waals surface area contributed by atoms with Crippen molar-refractivity contribution < 1.29 is 4.79 Å². The fourth-order valence-electron chi connectivity index (χ4n) is 2.56. The molecule has 6 heteroatoms. The van der Waals surface area contributed by atoms with Gasteiger partial charge < -0.3 is 10.3 Å². The predicted octanol–water partition coefficient (Wildman–Crippen LogP) is 1.95. The van der Waals surface area contributed by atoms with Crippen LogP contribution in [0.15, 0.2) is 22.3 Å². The monoisotopic (exact) mass is 289 g/mol. The van der Waals surface area contributed by atoms with Crippen LogP contribution in [-0.2, 0) is 6.42 Å². The smallest absolute Gasteiger partial charge is 0.344 e. The molecule has 2 N–H and O–H groups in total. The van der Waals surface area contributed by atoms with Gasteiger partial charge >= 0.3 is 5.69 Å². The van der Waals surface area contributed by atoms with Gasteiger partial charge in [0.2, 0.25) is 0 Å². The molecule has 1 amide bonds. The summed E-state index contributed by atoms with van der Waals surface area (Å²) in [7, 11) is 0. The Morgan fingerprint density at radius 3 is 3.20 bits per heavy atom. The molecule has 0 saturated carbocycles. The van der Waals surface area contributed by atoms with E-state index in [0.717, 1.165) is 19.3 Å². The first-order chi connectivity index (χ1) is 9.63. The van der Waals surface area contributed by atoms with E-state index in [1.807, 2.05) is 0 Å². The first kappa shape index (κ1) is 13.1. The Kier molecular flexibility index (Phi) is 3.40. The molecule has 2 heterocycles. The summed E-state index contributed by atoms with van der Waals surface area (Å²) in [5, 5.41) is 5.04. The molecule has 0 bridgehead atoms. The van der Waals surface area contributed by atoms with Gasteiger partial charge in [-0.05, 0) is 49.3 Å². The third-order valence-corrected chi connectivity index (χ3v) is 4.47. The molecule has 2 aromatic rings. The molecular weight excluding hydrogens is 274 g/mol. The Morgan fingerprint density at radius 1 is 1.55 bits per heavy atom.